The fourth-order valence-electron chi connectivity index (χ4n) is 5.53. The van der Waals surface area contributed by atoms with Gasteiger partial charge in [-0.1, -0.05) is 122 Å². The summed E-state index contributed by atoms with van der Waals surface area (Å²) < 4.78 is 5.98. The molecule has 6 heteroatoms. The van der Waals surface area contributed by atoms with Crippen LogP contribution in [0.5, 0.6) is 0 Å². The van der Waals surface area contributed by atoms with Gasteiger partial charge in [0.15, 0.2) is 5.78 Å². The Labute approximate surface area is 294 Å². The van der Waals surface area contributed by atoms with Gasteiger partial charge in [-0.3, -0.25) is 9.78 Å². The Morgan fingerprint density at radius 1 is 0.851 bits per heavy atom. The zero-order valence-corrected chi connectivity index (χ0v) is 31.7. The predicted octanol–water partition coefficient (Wildman–Crippen LogP) is 11.5. The van der Waals surface area contributed by atoms with Crippen LogP contribution >= 0.6 is 0 Å². The van der Waals surface area contributed by atoms with Gasteiger partial charge in [0.1, 0.15) is 29.4 Å². The second-order valence-corrected chi connectivity index (χ2v) is 13.7. The average Bonchev–Trinajstić information content (AvgIpc) is 3.51. The van der Waals surface area contributed by atoms with Crippen molar-refractivity contribution in [2.24, 2.45) is 10.8 Å². The van der Waals surface area contributed by atoms with Crippen LogP contribution in [0, 0.1) is 16.9 Å². The van der Waals surface area contributed by atoms with Gasteiger partial charge in [0, 0.05) is 42.6 Å². The van der Waals surface area contributed by atoms with E-state index in [4.69, 9.17) is 4.42 Å². The summed E-state index contributed by atoms with van der Waals surface area (Å²) in [7, 11) is 0. The molecule has 1 radical (unpaired) electrons. The van der Waals surface area contributed by atoms with E-state index in [1.54, 1.807) is 12.6 Å². The number of fused-ring (bicyclic) bond motifs is 2. The number of nitrogens with zero attached hydrogens (tertiary/aromatic N) is 2. The fourth-order valence-corrected chi connectivity index (χ4v) is 5.53. The number of benzene rings is 3. The molecular weight excluding hydrogens is 761 g/mol. The molecule has 0 aliphatic carbocycles. The predicted molar refractivity (Wildman–Crippen MR) is 191 cm³/mol. The quantitative estimate of drug-likeness (QED) is 0.0912. The van der Waals surface area contributed by atoms with Crippen molar-refractivity contribution < 1.29 is 34.4 Å². The average molecular weight is 810 g/mol. The molecule has 2 heterocycles. The molecular formula is C41H49IrN2O3-. The number of aromatic nitrogens is 2. The van der Waals surface area contributed by atoms with Crippen LogP contribution in [-0.2, 0) is 30.3 Å². The second-order valence-electron chi connectivity index (χ2n) is 13.7. The van der Waals surface area contributed by atoms with E-state index in [-0.39, 0.29) is 47.9 Å². The van der Waals surface area contributed by atoms with Crippen LogP contribution in [0.25, 0.3) is 44.3 Å². The van der Waals surface area contributed by atoms with E-state index in [0.717, 1.165) is 59.0 Å². The van der Waals surface area contributed by atoms with E-state index in [2.05, 4.69) is 73.2 Å². The van der Waals surface area contributed by atoms with Crippen molar-refractivity contribution in [3.8, 4) is 22.4 Å². The number of aliphatic hydroxyl groups excluding tert-OH is 1. The number of carbonyl (C=O) groups is 1. The summed E-state index contributed by atoms with van der Waals surface area (Å²) in [6.45, 7) is 18.8. The number of hydrogen-bond donors (Lipinski definition) is 1. The zero-order chi connectivity index (χ0) is 33.7. The summed E-state index contributed by atoms with van der Waals surface area (Å²) in [5.41, 5.74) is 5.92. The fraction of sp³-hybridized carbons (Fsp3) is 0.390. The topological polar surface area (TPSA) is 76.2 Å². The summed E-state index contributed by atoms with van der Waals surface area (Å²) in [4.78, 5) is 21.3. The van der Waals surface area contributed by atoms with E-state index in [0.29, 0.717) is 5.58 Å². The van der Waals surface area contributed by atoms with Crippen LogP contribution in [0.15, 0.2) is 89.5 Å². The Kier molecular flexibility index (Phi) is 12.5. The van der Waals surface area contributed by atoms with Crippen molar-refractivity contribution in [3.05, 3.63) is 96.7 Å². The molecule has 5 nitrogen and oxygen atoms in total. The van der Waals surface area contributed by atoms with Gasteiger partial charge in [-0.2, -0.15) is 0 Å². The minimum atomic E-state index is -0.337. The van der Waals surface area contributed by atoms with Gasteiger partial charge >= 0.3 is 0 Å². The Morgan fingerprint density at radius 2 is 1.45 bits per heavy atom. The minimum absolute atomic E-state index is 0. The van der Waals surface area contributed by atoms with Gasteiger partial charge in [0.2, 0.25) is 0 Å². The van der Waals surface area contributed by atoms with Crippen LogP contribution < -0.4 is 0 Å². The largest absolute Gasteiger partial charge is 0.512 e. The molecule has 0 bridgehead atoms. The molecule has 5 aromatic rings. The normalized spacial score (nSPS) is 12.4. The van der Waals surface area contributed by atoms with Gasteiger partial charge < -0.3 is 9.52 Å². The first-order chi connectivity index (χ1) is 21.8. The molecule has 0 atom stereocenters. The SMILES string of the molecule is CC(C)(C)c1cc(-c2ncnc3c(-c4ccccc4)coc23)[c-]c2ccccc12.CCC(C)(CC)C(=O)/C=C(\O)C(C)(CC)CC.[Ir]. The Morgan fingerprint density at radius 3 is 2.04 bits per heavy atom. The van der Waals surface area contributed by atoms with Gasteiger partial charge in [-0.05, 0) is 36.7 Å². The van der Waals surface area contributed by atoms with Gasteiger partial charge in [0.25, 0.3) is 0 Å². The van der Waals surface area contributed by atoms with Crippen molar-refractivity contribution in [1.29, 1.82) is 0 Å². The third kappa shape index (κ3) is 8.11. The standard InChI is InChI=1S/C26H21N2O.C15H28O2.Ir/c1-26(2,3)22-14-19(13-18-11-7-8-12-20(18)22)23-25-24(28-16-27-23)21(15-29-25)17-9-5-4-6-10-17;1-7-14(5,8-2)12(16)11-13(17)15(6,9-3)10-4;/h4-12,14-16H,1-3H3;11,16H,7-10H2,1-6H3;/q-1;;/b;12-11-;. The maximum Gasteiger partial charge on any atom is 0.164 e. The Balaban J connectivity index is 0.000000290. The van der Waals surface area contributed by atoms with Gasteiger partial charge in [-0.15, -0.1) is 29.1 Å². The van der Waals surface area contributed by atoms with E-state index in [1.165, 1.54) is 17.0 Å². The number of rotatable bonds is 9. The third-order valence-corrected chi connectivity index (χ3v) is 9.88. The number of furan rings is 1. The van der Waals surface area contributed by atoms with Crippen LogP contribution in [-0.4, -0.2) is 20.9 Å². The monoisotopic (exact) mass is 810 g/mol. The summed E-state index contributed by atoms with van der Waals surface area (Å²) in [5, 5.41) is 12.4. The molecule has 251 valence electrons. The van der Waals surface area contributed by atoms with Crippen molar-refractivity contribution in [2.45, 2.75) is 93.4 Å². The minimum Gasteiger partial charge on any atom is -0.512 e. The molecule has 5 rings (SSSR count). The molecule has 0 aliphatic rings. The van der Waals surface area contributed by atoms with E-state index in [9.17, 15) is 9.90 Å². The molecule has 0 aliphatic heterocycles. The van der Waals surface area contributed by atoms with Gasteiger partial charge in [-0.25, -0.2) is 4.98 Å². The van der Waals surface area contributed by atoms with E-state index < -0.39 is 0 Å². The molecule has 3 aromatic carbocycles. The van der Waals surface area contributed by atoms with Crippen LogP contribution in [0.3, 0.4) is 0 Å². The molecule has 0 spiro atoms. The first-order valence-electron chi connectivity index (χ1n) is 16.5. The van der Waals surface area contributed by atoms with Crippen LogP contribution in [0.4, 0.5) is 0 Å². The second kappa shape index (κ2) is 15.5. The van der Waals surface area contributed by atoms with E-state index >= 15 is 0 Å². The third-order valence-electron chi connectivity index (χ3n) is 9.88. The number of carbonyl (C=O) groups excluding carboxylic acids is 1. The maximum atomic E-state index is 12.2. The van der Waals surface area contributed by atoms with Crippen molar-refractivity contribution in [2.75, 3.05) is 0 Å². The van der Waals surface area contributed by atoms with Crippen LogP contribution in [0.1, 0.15) is 93.6 Å². The van der Waals surface area contributed by atoms with Crippen molar-refractivity contribution >= 4 is 27.7 Å². The zero-order valence-electron chi connectivity index (χ0n) is 29.3. The molecule has 1 N–H and O–H groups in total. The maximum absolute atomic E-state index is 12.2. The first-order valence-corrected chi connectivity index (χ1v) is 16.5. The van der Waals surface area contributed by atoms with Crippen molar-refractivity contribution in [3.63, 3.8) is 0 Å². The summed E-state index contributed by atoms with van der Waals surface area (Å²) >= 11 is 0. The Hall–Kier alpha value is -3.60. The number of allylic oxidation sites excluding steroid dienone is 2. The molecule has 0 fully saturated rings. The van der Waals surface area contributed by atoms with E-state index in [1.807, 2.05) is 65.8 Å². The van der Waals surface area contributed by atoms with Gasteiger partial charge in [0.05, 0.1) is 5.69 Å². The molecule has 0 unspecified atom stereocenters. The molecule has 2 aromatic heterocycles. The summed E-state index contributed by atoms with van der Waals surface area (Å²) in [5.74, 6) is 0.286. The summed E-state index contributed by atoms with van der Waals surface area (Å²) in [6.07, 6.45) is 8.13. The van der Waals surface area contributed by atoms with Crippen LogP contribution in [0.2, 0.25) is 0 Å². The molecule has 47 heavy (non-hydrogen) atoms. The smallest absolute Gasteiger partial charge is 0.164 e. The number of aliphatic hydroxyl groups is 1. The summed E-state index contributed by atoms with van der Waals surface area (Å²) in [6, 6.07) is 24.3. The van der Waals surface area contributed by atoms with Crippen molar-refractivity contribution in [1.82, 2.24) is 9.97 Å². The number of ketones is 1. The molecule has 0 amide bonds. The molecule has 0 saturated heterocycles. The first kappa shape index (κ1) is 37.9. The Bertz CT molecular complexity index is 1820. The molecule has 0 saturated carbocycles. The number of hydrogen-bond acceptors (Lipinski definition) is 5.